The molecule has 1 unspecified atom stereocenters. The smallest absolute Gasteiger partial charge is 0.371 e. The van der Waals surface area contributed by atoms with Gasteiger partial charge in [-0.05, 0) is 105 Å². The minimum Gasteiger partial charge on any atom is -0.371 e. The Morgan fingerprint density at radius 2 is 1.39 bits per heavy atom. The number of halogens is 3. The third-order valence-corrected chi connectivity index (χ3v) is 12.2. The third kappa shape index (κ3) is 8.78. The molecule has 57 heavy (non-hydrogen) atoms. The molecule has 0 radical (unpaired) electrons. The van der Waals surface area contributed by atoms with Crippen LogP contribution in [0.5, 0.6) is 0 Å². The van der Waals surface area contributed by atoms with E-state index in [1.807, 2.05) is 17.0 Å². The first-order valence-corrected chi connectivity index (χ1v) is 19.9. The largest absolute Gasteiger partial charge is 0.417 e. The first kappa shape index (κ1) is 39.8. The highest BCUT2D eigenvalue weighted by Gasteiger charge is 2.39. The molecule has 3 saturated heterocycles. The Kier molecular flexibility index (Phi) is 11.9. The van der Waals surface area contributed by atoms with Gasteiger partial charge in [-0.15, -0.1) is 0 Å². The summed E-state index contributed by atoms with van der Waals surface area (Å²) in [6.45, 7) is 9.72. The molecule has 300 valence electrons. The number of anilines is 3. The second-order valence-corrected chi connectivity index (χ2v) is 15.7. The van der Waals surface area contributed by atoms with Crippen LogP contribution in [0.2, 0.25) is 0 Å². The van der Waals surface area contributed by atoms with E-state index >= 15 is 0 Å². The number of nitriles is 1. The van der Waals surface area contributed by atoms with Crippen LogP contribution in [0.3, 0.4) is 0 Å². The number of hydrogen-bond acceptors (Lipinski definition) is 9. The van der Waals surface area contributed by atoms with Crippen molar-refractivity contribution < 1.29 is 32.3 Å². The molecule has 3 fully saturated rings. The van der Waals surface area contributed by atoms with Gasteiger partial charge in [0.15, 0.2) is 0 Å². The Morgan fingerprint density at radius 1 is 0.807 bits per heavy atom. The molecule has 4 aliphatic rings. The summed E-state index contributed by atoms with van der Waals surface area (Å²) in [5.41, 5.74) is 3.45. The summed E-state index contributed by atoms with van der Waals surface area (Å²) in [5, 5.41) is 11.2. The van der Waals surface area contributed by atoms with Crippen molar-refractivity contribution >= 4 is 41.2 Å². The van der Waals surface area contributed by atoms with Gasteiger partial charge in [0, 0.05) is 88.4 Å². The van der Waals surface area contributed by atoms with Crippen LogP contribution in [0.25, 0.3) is 0 Å². The fourth-order valence-electron chi connectivity index (χ4n) is 8.87. The number of fused-ring (bicyclic) bond motifs is 1. The molecule has 4 heterocycles. The lowest BCUT2D eigenvalue weighted by atomic mass is 9.89. The number of benzene rings is 3. The monoisotopic (exact) mass is 783 g/mol. The lowest BCUT2D eigenvalue weighted by Crippen LogP contribution is -2.49. The van der Waals surface area contributed by atoms with Crippen molar-refractivity contribution in [1.29, 1.82) is 5.26 Å². The highest BCUT2D eigenvalue weighted by atomic mass is 19.4. The maximum absolute atomic E-state index is 13.5. The Hall–Kier alpha value is -5.42. The number of rotatable bonds is 11. The molecule has 7 rings (SSSR count). The molecular formula is C43H48F3N7O4. The van der Waals surface area contributed by atoms with Crippen LogP contribution in [0.4, 0.5) is 30.2 Å². The van der Waals surface area contributed by atoms with E-state index < -0.39 is 23.7 Å². The van der Waals surface area contributed by atoms with Gasteiger partial charge in [0.05, 0.1) is 28.3 Å². The molecule has 3 aromatic rings. The quantitative estimate of drug-likeness (QED) is 0.184. The number of piperazine rings is 1. The predicted octanol–water partition coefficient (Wildman–Crippen LogP) is 6.04. The van der Waals surface area contributed by atoms with Gasteiger partial charge in [-0.1, -0.05) is 12.1 Å². The molecule has 0 saturated carbocycles. The van der Waals surface area contributed by atoms with E-state index in [2.05, 4.69) is 44.3 Å². The number of hydrogen-bond donors (Lipinski definition) is 1. The van der Waals surface area contributed by atoms with Gasteiger partial charge < -0.3 is 14.7 Å². The van der Waals surface area contributed by atoms with Gasteiger partial charge in [-0.3, -0.25) is 34.3 Å². The summed E-state index contributed by atoms with van der Waals surface area (Å²) in [6.07, 6.45) is -0.164. The second-order valence-electron chi connectivity index (χ2n) is 15.7. The van der Waals surface area contributed by atoms with Crippen LogP contribution in [0.15, 0.2) is 60.7 Å². The van der Waals surface area contributed by atoms with Gasteiger partial charge >= 0.3 is 6.18 Å². The number of alkyl halides is 3. The lowest BCUT2D eigenvalue weighted by Gasteiger charge is -2.40. The van der Waals surface area contributed by atoms with Crippen LogP contribution in [-0.4, -0.2) is 98.9 Å². The molecule has 0 aliphatic carbocycles. The Labute approximate surface area is 331 Å². The van der Waals surface area contributed by atoms with E-state index in [0.717, 1.165) is 83.3 Å². The van der Waals surface area contributed by atoms with Crippen molar-refractivity contribution in [2.45, 2.75) is 63.6 Å². The van der Waals surface area contributed by atoms with Crippen LogP contribution in [0, 0.1) is 17.2 Å². The number of carbonyl (C=O) groups excluding carboxylic acids is 4. The average Bonchev–Trinajstić information content (AvgIpc) is 3.48. The summed E-state index contributed by atoms with van der Waals surface area (Å²) in [5.74, 6) is -0.229. The number of nitrogens with one attached hydrogen (secondary N) is 1. The second kappa shape index (κ2) is 17.0. The molecule has 14 heteroatoms. The van der Waals surface area contributed by atoms with Crippen molar-refractivity contribution in [2.24, 2.45) is 5.92 Å². The first-order chi connectivity index (χ1) is 27.4. The maximum Gasteiger partial charge on any atom is 0.417 e. The zero-order valence-electron chi connectivity index (χ0n) is 32.1. The van der Waals surface area contributed by atoms with E-state index in [1.54, 1.807) is 25.1 Å². The summed E-state index contributed by atoms with van der Waals surface area (Å²) in [6, 6.07) is 19.4. The Morgan fingerprint density at radius 3 is 2.02 bits per heavy atom. The van der Waals surface area contributed by atoms with Crippen molar-refractivity contribution in [3.63, 3.8) is 0 Å². The van der Waals surface area contributed by atoms with Crippen molar-refractivity contribution in [3.05, 3.63) is 88.5 Å². The summed E-state index contributed by atoms with van der Waals surface area (Å²) in [4.78, 5) is 59.1. The van der Waals surface area contributed by atoms with Crippen LogP contribution >= 0.6 is 0 Å². The van der Waals surface area contributed by atoms with Gasteiger partial charge in [0.2, 0.25) is 12.3 Å². The minimum absolute atomic E-state index is 0.0362. The molecule has 0 bridgehead atoms. The van der Waals surface area contributed by atoms with Crippen molar-refractivity contribution in [3.8, 4) is 6.07 Å². The molecule has 0 aromatic heterocycles. The van der Waals surface area contributed by atoms with Crippen LogP contribution < -0.4 is 20.0 Å². The number of piperidine rings is 2. The molecule has 4 amide bonds. The lowest BCUT2D eigenvalue weighted by molar-refractivity contribution is -0.137. The fraction of sp³-hybridized carbons (Fsp3) is 0.465. The van der Waals surface area contributed by atoms with Gasteiger partial charge in [0.1, 0.15) is 0 Å². The highest BCUT2D eigenvalue weighted by molar-refractivity contribution is 6.22. The van der Waals surface area contributed by atoms with Crippen LogP contribution in [0.1, 0.15) is 88.8 Å². The third-order valence-electron chi connectivity index (χ3n) is 12.2. The van der Waals surface area contributed by atoms with E-state index in [0.29, 0.717) is 48.1 Å². The SMILES string of the molecule is CC(CCC(=O)NC=O)N1C(=O)c2ccc(N3CCC(CN4CCN(c5ccc(C6CCN(c7ccc(C#N)c(C(F)(F)F)c7)CC6)cc5)CC4)CC3)cc2C1=O. The van der Waals surface area contributed by atoms with E-state index in [4.69, 9.17) is 5.26 Å². The van der Waals surface area contributed by atoms with E-state index in [1.165, 1.54) is 22.2 Å². The standard InChI is InChI=1S/C43H48F3N7O4/c1-29(2-11-40(55)48-28-54)53-41(56)37-10-9-35(24-38(37)42(53)57)50-16-12-30(13-17-50)27-49-20-22-52(23-21-49)34-6-3-31(4-7-34)32-14-18-51(19-15-32)36-8-5-33(26-47)39(25-36)43(44,45)46/h3-10,24-25,28-30,32H,2,11-23,27H2,1H3,(H,48,54,55). The van der Waals surface area contributed by atoms with E-state index in [9.17, 15) is 32.3 Å². The molecular weight excluding hydrogens is 736 g/mol. The molecule has 3 aromatic carbocycles. The number of carbonyl (C=O) groups is 4. The highest BCUT2D eigenvalue weighted by Crippen LogP contribution is 2.37. The molecule has 11 nitrogen and oxygen atoms in total. The molecule has 1 atom stereocenters. The normalized spacial score (nSPS) is 19.1. The van der Waals surface area contributed by atoms with Gasteiger partial charge in [-0.2, -0.15) is 18.4 Å². The van der Waals surface area contributed by atoms with Crippen molar-refractivity contribution in [2.75, 3.05) is 73.6 Å². The summed E-state index contributed by atoms with van der Waals surface area (Å²) in [7, 11) is 0. The molecule has 1 N–H and O–H groups in total. The van der Waals surface area contributed by atoms with Gasteiger partial charge in [-0.25, -0.2) is 0 Å². The topological polar surface area (TPSA) is 120 Å². The Balaban J connectivity index is 0.843. The zero-order chi connectivity index (χ0) is 40.3. The van der Waals surface area contributed by atoms with E-state index in [-0.39, 0.29) is 30.2 Å². The number of imide groups is 2. The fourth-order valence-corrected chi connectivity index (χ4v) is 8.87. The maximum atomic E-state index is 13.5. The molecule has 4 aliphatic heterocycles. The Bertz CT molecular complexity index is 2010. The summed E-state index contributed by atoms with van der Waals surface area (Å²) < 4.78 is 40.5. The average molecular weight is 784 g/mol. The molecule has 0 spiro atoms. The summed E-state index contributed by atoms with van der Waals surface area (Å²) >= 11 is 0. The van der Waals surface area contributed by atoms with Crippen LogP contribution in [-0.2, 0) is 15.8 Å². The van der Waals surface area contributed by atoms with Gasteiger partial charge in [0.25, 0.3) is 11.8 Å². The minimum atomic E-state index is -4.57. The number of nitrogens with zero attached hydrogens (tertiary/aromatic N) is 6. The first-order valence-electron chi connectivity index (χ1n) is 19.9. The zero-order valence-corrected chi connectivity index (χ0v) is 32.1. The van der Waals surface area contributed by atoms with Crippen molar-refractivity contribution in [1.82, 2.24) is 15.1 Å². The number of amides is 4. The predicted molar refractivity (Wildman–Crippen MR) is 210 cm³/mol.